The van der Waals surface area contributed by atoms with Crippen LogP contribution >= 0.6 is 0 Å². The van der Waals surface area contributed by atoms with Crippen LogP contribution in [-0.2, 0) is 4.79 Å². The first-order chi connectivity index (χ1) is 10.4. The molecule has 1 N–H and O–H groups in total. The molecular formula is C13H20F3N5O. The highest BCUT2D eigenvalue weighted by atomic mass is 19.3. The number of amides is 1. The smallest absolute Gasteiger partial charge is 0.255 e. The molecule has 0 saturated heterocycles. The van der Waals surface area contributed by atoms with Crippen molar-refractivity contribution in [3.05, 3.63) is 12.0 Å². The maximum absolute atomic E-state index is 13.5. The van der Waals surface area contributed by atoms with Gasteiger partial charge in [0.15, 0.2) is 11.6 Å². The molecule has 124 valence electrons. The predicted octanol–water partition coefficient (Wildman–Crippen LogP) is 1.60. The number of carbonyl (C=O) groups excluding carboxylic acids is 1. The van der Waals surface area contributed by atoms with Crippen molar-refractivity contribution >= 4 is 17.7 Å². The fourth-order valence-corrected chi connectivity index (χ4v) is 1.79. The molecule has 0 bridgehead atoms. The van der Waals surface area contributed by atoms with Gasteiger partial charge in [0.2, 0.25) is 11.9 Å². The number of nitrogens with one attached hydrogen (secondary N) is 1. The van der Waals surface area contributed by atoms with E-state index in [1.165, 1.54) is 4.90 Å². The first-order valence-electron chi connectivity index (χ1n) is 6.92. The van der Waals surface area contributed by atoms with Crippen LogP contribution in [0.4, 0.5) is 24.9 Å². The molecule has 0 atom stereocenters. The number of nitrogens with zero attached hydrogens (tertiary/aromatic N) is 4. The van der Waals surface area contributed by atoms with Gasteiger partial charge in [-0.2, -0.15) is 4.98 Å². The average molecular weight is 319 g/mol. The Kier molecular flexibility index (Phi) is 6.87. The molecule has 1 rings (SSSR count). The Labute approximate surface area is 127 Å². The van der Waals surface area contributed by atoms with Crippen LogP contribution < -0.4 is 10.2 Å². The summed E-state index contributed by atoms with van der Waals surface area (Å²) in [6.45, 7) is 4.19. The molecule has 0 aliphatic heterocycles. The lowest BCUT2D eigenvalue weighted by Crippen LogP contribution is -2.39. The van der Waals surface area contributed by atoms with Crippen LogP contribution in [0.5, 0.6) is 0 Å². The summed E-state index contributed by atoms with van der Waals surface area (Å²) in [5.74, 6) is -1.18. The highest BCUT2D eigenvalue weighted by Crippen LogP contribution is 2.14. The lowest BCUT2D eigenvalue weighted by Gasteiger charge is -2.23. The van der Waals surface area contributed by atoms with Crippen molar-refractivity contribution in [2.45, 2.75) is 20.3 Å². The SMILES string of the molecule is CCN(CC)C(=O)CN(C)c1ncc(F)c(NCC(F)F)n1. The second-order valence-electron chi connectivity index (χ2n) is 4.56. The van der Waals surface area contributed by atoms with Gasteiger partial charge in [-0.25, -0.2) is 18.2 Å². The maximum atomic E-state index is 13.5. The summed E-state index contributed by atoms with van der Waals surface area (Å²) in [4.78, 5) is 22.7. The van der Waals surface area contributed by atoms with Crippen molar-refractivity contribution < 1.29 is 18.0 Å². The van der Waals surface area contributed by atoms with Gasteiger partial charge in [-0.1, -0.05) is 0 Å². The van der Waals surface area contributed by atoms with Gasteiger partial charge in [-0.3, -0.25) is 4.79 Å². The van der Waals surface area contributed by atoms with E-state index in [1.54, 1.807) is 11.9 Å². The predicted molar refractivity (Wildman–Crippen MR) is 77.7 cm³/mol. The minimum atomic E-state index is -2.63. The number of likely N-dealkylation sites (N-methyl/N-ethyl adjacent to an activating group) is 2. The van der Waals surface area contributed by atoms with Gasteiger partial charge in [0.1, 0.15) is 0 Å². The molecule has 6 nitrogen and oxygen atoms in total. The van der Waals surface area contributed by atoms with Crippen molar-refractivity contribution in [2.24, 2.45) is 0 Å². The van der Waals surface area contributed by atoms with E-state index in [0.717, 1.165) is 6.20 Å². The van der Waals surface area contributed by atoms with Gasteiger partial charge in [-0.15, -0.1) is 0 Å². The number of anilines is 2. The van der Waals surface area contributed by atoms with Crippen LogP contribution in [0.15, 0.2) is 6.20 Å². The van der Waals surface area contributed by atoms with Crippen LogP contribution in [0.1, 0.15) is 13.8 Å². The summed E-state index contributed by atoms with van der Waals surface area (Å²) in [6, 6.07) is 0. The largest absolute Gasteiger partial charge is 0.362 e. The highest BCUT2D eigenvalue weighted by molar-refractivity contribution is 5.80. The number of hydrogen-bond acceptors (Lipinski definition) is 5. The number of carbonyl (C=O) groups is 1. The Hall–Kier alpha value is -2.06. The molecule has 0 spiro atoms. The topological polar surface area (TPSA) is 61.4 Å². The van der Waals surface area contributed by atoms with E-state index in [-0.39, 0.29) is 24.2 Å². The zero-order valence-electron chi connectivity index (χ0n) is 12.8. The summed E-state index contributed by atoms with van der Waals surface area (Å²) in [6.07, 6.45) is -1.74. The molecule has 0 fully saturated rings. The van der Waals surface area contributed by atoms with E-state index < -0.39 is 18.8 Å². The summed E-state index contributed by atoms with van der Waals surface area (Å²) in [5, 5.41) is 2.21. The van der Waals surface area contributed by atoms with Crippen molar-refractivity contribution in [2.75, 3.05) is 43.4 Å². The number of halogens is 3. The molecule has 0 aliphatic carbocycles. The standard InChI is InChI=1S/C13H20F3N5O/c1-4-21(5-2)11(22)8-20(3)13-18-6-9(14)12(19-13)17-7-10(15)16/h6,10H,4-5,7-8H2,1-3H3,(H,17,18,19). The van der Waals surface area contributed by atoms with Gasteiger partial charge in [0.25, 0.3) is 6.43 Å². The Bertz CT molecular complexity index is 497. The average Bonchev–Trinajstić information content (AvgIpc) is 2.47. The van der Waals surface area contributed by atoms with Crippen molar-refractivity contribution in [1.82, 2.24) is 14.9 Å². The fourth-order valence-electron chi connectivity index (χ4n) is 1.79. The molecule has 22 heavy (non-hydrogen) atoms. The second kappa shape index (κ2) is 8.40. The minimum Gasteiger partial charge on any atom is -0.362 e. The van der Waals surface area contributed by atoms with Gasteiger partial charge in [0, 0.05) is 20.1 Å². The lowest BCUT2D eigenvalue weighted by molar-refractivity contribution is -0.129. The molecule has 0 radical (unpaired) electrons. The van der Waals surface area contributed by atoms with Crippen LogP contribution in [0.3, 0.4) is 0 Å². The van der Waals surface area contributed by atoms with Crippen molar-refractivity contribution in [3.8, 4) is 0 Å². The van der Waals surface area contributed by atoms with Crippen LogP contribution in [-0.4, -0.2) is 60.4 Å². The molecule has 0 saturated carbocycles. The minimum absolute atomic E-state index is 0.0155. The first-order valence-corrected chi connectivity index (χ1v) is 6.92. The molecule has 0 unspecified atom stereocenters. The van der Waals surface area contributed by atoms with Gasteiger partial charge in [-0.05, 0) is 13.8 Å². The Balaban J connectivity index is 2.78. The van der Waals surface area contributed by atoms with Gasteiger partial charge in [0.05, 0.1) is 19.3 Å². The summed E-state index contributed by atoms with van der Waals surface area (Å²) >= 11 is 0. The van der Waals surface area contributed by atoms with E-state index in [9.17, 15) is 18.0 Å². The molecule has 9 heteroatoms. The molecule has 0 aromatic carbocycles. The first kappa shape index (κ1) is 18.0. The molecule has 1 aromatic heterocycles. The Morgan fingerprint density at radius 3 is 2.55 bits per heavy atom. The lowest BCUT2D eigenvalue weighted by atomic mass is 10.4. The van der Waals surface area contributed by atoms with Gasteiger partial charge >= 0.3 is 0 Å². The highest BCUT2D eigenvalue weighted by Gasteiger charge is 2.16. The monoisotopic (exact) mass is 319 g/mol. The summed E-state index contributed by atoms with van der Waals surface area (Å²) in [7, 11) is 1.57. The molecule has 1 heterocycles. The molecule has 1 amide bonds. The van der Waals surface area contributed by atoms with E-state index >= 15 is 0 Å². The normalized spacial score (nSPS) is 10.7. The number of aromatic nitrogens is 2. The quantitative estimate of drug-likeness (QED) is 0.788. The number of rotatable bonds is 8. The Morgan fingerprint density at radius 1 is 1.36 bits per heavy atom. The third kappa shape index (κ3) is 5.05. The molecular weight excluding hydrogens is 299 g/mol. The summed E-state index contributed by atoms with van der Waals surface area (Å²) in [5.41, 5.74) is 0. The van der Waals surface area contributed by atoms with Crippen LogP contribution in [0.25, 0.3) is 0 Å². The zero-order valence-corrected chi connectivity index (χ0v) is 12.8. The third-order valence-electron chi connectivity index (χ3n) is 2.99. The van der Waals surface area contributed by atoms with Crippen molar-refractivity contribution in [3.63, 3.8) is 0 Å². The van der Waals surface area contributed by atoms with Gasteiger partial charge < -0.3 is 15.1 Å². The maximum Gasteiger partial charge on any atom is 0.255 e. The van der Waals surface area contributed by atoms with E-state index in [1.807, 2.05) is 13.8 Å². The fraction of sp³-hybridized carbons (Fsp3) is 0.615. The van der Waals surface area contributed by atoms with E-state index in [2.05, 4.69) is 15.3 Å². The Morgan fingerprint density at radius 2 is 2.00 bits per heavy atom. The van der Waals surface area contributed by atoms with E-state index in [4.69, 9.17) is 0 Å². The number of alkyl halides is 2. The second-order valence-corrected chi connectivity index (χ2v) is 4.56. The van der Waals surface area contributed by atoms with E-state index in [0.29, 0.717) is 13.1 Å². The van der Waals surface area contributed by atoms with Crippen LogP contribution in [0.2, 0.25) is 0 Å². The zero-order chi connectivity index (χ0) is 16.7. The number of hydrogen-bond donors (Lipinski definition) is 1. The van der Waals surface area contributed by atoms with Crippen molar-refractivity contribution in [1.29, 1.82) is 0 Å². The summed E-state index contributed by atoms with van der Waals surface area (Å²) < 4.78 is 37.8. The van der Waals surface area contributed by atoms with Crippen LogP contribution in [0, 0.1) is 5.82 Å². The third-order valence-corrected chi connectivity index (χ3v) is 2.99. The molecule has 1 aromatic rings. The molecule has 0 aliphatic rings.